The lowest BCUT2D eigenvalue weighted by Gasteiger charge is -2.28. The SMILES string of the molecule is NC1CCCCCC1C(=O)CC1CCC1. The van der Waals surface area contributed by atoms with Gasteiger partial charge in [0.05, 0.1) is 0 Å². The van der Waals surface area contributed by atoms with Crippen LogP contribution in [0.25, 0.3) is 0 Å². The fraction of sp³-hybridized carbons (Fsp3) is 0.923. The molecule has 0 aliphatic heterocycles. The fourth-order valence-corrected chi connectivity index (χ4v) is 2.87. The van der Waals surface area contributed by atoms with Gasteiger partial charge in [0, 0.05) is 18.4 Å². The molecule has 0 heterocycles. The lowest BCUT2D eigenvalue weighted by Crippen LogP contribution is -2.36. The molecule has 15 heavy (non-hydrogen) atoms. The number of carbonyl (C=O) groups excluding carboxylic acids is 1. The summed E-state index contributed by atoms with van der Waals surface area (Å²) in [5.74, 6) is 1.36. The molecule has 2 unspecified atom stereocenters. The van der Waals surface area contributed by atoms with Crippen molar-refractivity contribution in [2.24, 2.45) is 17.6 Å². The van der Waals surface area contributed by atoms with E-state index in [1.54, 1.807) is 0 Å². The summed E-state index contributed by atoms with van der Waals surface area (Å²) in [7, 11) is 0. The van der Waals surface area contributed by atoms with E-state index < -0.39 is 0 Å². The van der Waals surface area contributed by atoms with E-state index in [0.717, 1.165) is 19.3 Å². The lowest BCUT2D eigenvalue weighted by atomic mass is 9.78. The molecule has 2 fully saturated rings. The second-order valence-electron chi connectivity index (χ2n) is 5.38. The Kier molecular flexibility index (Phi) is 3.79. The van der Waals surface area contributed by atoms with Crippen molar-refractivity contribution in [1.29, 1.82) is 0 Å². The molecule has 2 saturated carbocycles. The third-order valence-electron chi connectivity index (χ3n) is 4.20. The zero-order chi connectivity index (χ0) is 10.7. The summed E-state index contributed by atoms with van der Waals surface area (Å²) in [6.45, 7) is 0. The first-order valence-electron chi connectivity index (χ1n) is 6.55. The molecule has 0 bridgehead atoms. The Morgan fingerprint density at radius 3 is 2.40 bits per heavy atom. The van der Waals surface area contributed by atoms with Crippen molar-refractivity contribution in [3.63, 3.8) is 0 Å². The maximum atomic E-state index is 12.1. The normalized spacial score (nSPS) is 33.1. The van der Waals surface area contributed by atoms with Gasteiger partial charge >= 0.3 is 0 Å². The number of Topliss-reactive ketones (excluding diaryl/α,β-unsaturated/α-hetero) is 1. The number of hydrogen-bond donors (Lipinski definition) is 1. The molecule has 0 radical (unpaired) electrons. The largest absolute Gasteiger partial charge is 0.327 e. The molecule has 0 aromatic carbocycles. The lowest BCUT2D eigenvalue weighted by molar-refractivity contribution is -0.125. The minimum atomic E-state index is 0.153. The van der Waals surface area contributed by atoms with Crippen molar-refractivity contribution in [1.82, 2.24) is 0 Å². The van der Waals surface area contributed by atoms with E-state index in [0.29, 0.717) is 11.7 Å². The summed E-state index contributed by atoms with van der Waals surface area (Å²) in [5.41, 5.74) is 6.09. The molecule has 0 aromatic rings. The molecule has 2 rings (SSSR count). The van der Waals surface area contributed by atoms with E-state index in [1.165, 1.54) is 38.5 Å². The van der Waals surface area contributed by atoms with Crippen LogP contribution in [-0.4, -0.2) is 11.8 Å². The van der Waals surface area contributed by atoms with Gasteiger partial charge in [0.25, 0.3) is 0 Å². The monoisotopic (exact) mass is 209 g/mol. The first kappa shape index (κ1) is 11.1. The zero-order valence-corrected chi connectivity index (χ0v) is 9.58. The Morgan fingerprint density at radius 1 is 1.00 bits per heavy atom. The van der Waals surface area contributed by atoms with Crippen LogP contribution < -0.4 is 5.73 Å². The van der Waals surface area contributed by atoms with Crippen molar-refractivity contribution < 1.29 is 4.79 Å². The molecule has 2 aliphatic rings. The Labute approximate surface area is 92.6 Å². The Bertz CT molecular complexity index is 223. The zero-order valence-electron chi connectivity index (χ0n) is 9.58. The second-order valence-corrected chi connectivity index (χ2v) is 5.38. The first-order chi connectivity index (χ1) is 7.27. The van der Waals surface area contributed by atoms with Crippen molar-refractivity contribution in [2.45, 2.75) is 63.8 Å². The van der Waals surface area contributed by atoms with Gasteiger partial charge in [-0.25, -0.2) is 0 Å². The molecular weight excluding hydrogens is 186 g/mol. The van der Waals surface area contributed by atoms with Crippen LogP contribution in [0.2, 0.25) is 0 Å². The van der Waals surface area contributed by atoms with E-state index >= 15 is 0 Å². The number of carbonyl (C=O) groups is 1. The summed E-state index contributed by atoms with van der Waals surface area (Å²) in [6, 6.07) is 0.153. The predicted molar refractivity (Wildman–Crippen MR) is 61.5 cm³/mol. The number of rotatable bonds is 3. The van der Waals surface area contributed by atoms with Crippen LogP contribution in [0, 0.1) is 11.8 Å². The fourth-order valence-electron chi connectivity index (χ4n) is 2.87. The molecule has 0 aromatic heterocycles. The molecule has 2 aliphatic carbocycles. The van der Waals surface area contributed by atoms with E-state index in [2.05, 4.69) is 0 Å². The summed E-state index contributed by atoms with van der Waals surface area (Å²) >= 11 is 0. The van der Waals surface area contributed by atoms with Crippen molar-refractivity contribution in [2.75, 3.05) is 0 Å². The molecule has 86 valence electrons. The van der Waals surface area contributed by atoms with Gasteiger partial charge in [0.1, 0.15) is 5.78 Å². The Balaban J connectivity index is 1.85. The van der Waals surface area contributed by atoms with Crippen LogP contribution >= 0.6 is 0 Å². The van der Waals surface area contributed by atoms with Crippen molar-refractivity contribution in [3.05, 3.63) is 0 Å². The smallest absolute Gasteiger partial charge is 0.137 e. The standard InChI is InChI=1S/C13H23NO/c14-12-8-3-1-2-7-11(12)13(15)9-10-5-4-6-10/h10-12H,1-9,14H2. The summed E-state index contributed by atoms with van der Waals surface area (Å²) in [4.78, 5) is 12.1. The van der Waals surface area contributed by atoms with Crippen LogP contribution in [0.3, 0.4) is 0 Å². The van der Waals surface area contributed by atoms with Gasteiger partial charge in [-0.1, -0.05) is 38.5 Å². The van der Waals surface area contributed by atoms with Gasteiger partial charge < -0.3 is 5.73 Å². The third-order valence-corrected chi connectivity index (χ3v) is 4.20. The van der Waals surface area contributed by atoms with Crippen LogP contribution in [0.15, 0.2) is 0 Å². The van der Waals surface area contributed by atoms with E-state index in [-0.39, 0.29) is 12.0 Å². The van der Waals surface area contributed by atoms with E-state index in [9.17, 15) is 4.79 Å². The van der Waals surface area contributed by atoms with E-state index in [1.807, 2.05) is 0 Å². The second kappa shape index (κ2) is 5.11. The topological polar surface area (TPSA) is 43.1 Å². The Hall–Kier alpha value is -0.370. The number of nitrogens with two attached hydrogens (primary N) is 1. The highest BCUT2D eigenvalue weighted by atomic mass is 16.1. The maximum absolute atomic E-state index is 12.1. The van der Waals surface area contributed by atoms with Crippen LogP contribution in [-0.2, 0) is 4.79 Å². The average molecular weight is 209 g/mol. The molecule has 0 spiro atoms. The Morgan fingerprint density at radius 2 is 1.73 bits per heavy atom. The highest BCUT2D eigenvalue weighted by Gasteiger charge is 2.29. The quantitative estimate of drug-likeness (QED) is 0.726. The molecule has 2 atom stereocenters. The van der Waals surface area contributed by atoms with Gasteiger partial charge in [-0.3, -0.25) is 4.79 Å². The summed E-state index contributed by atoms with van der Waals surface area (Å²) in [6.07, 6.45) is 10.5. The number of hydrogen-bond acceptors (Lipinski definition) is 2. The predicted octanol–water partition coefficient (Wildman–Crippen LogP) is 2.65. The van der Waals surface area contributed by atoms with Gasteiger partial charge in [-0.2, -0.15) is 0 Å². The molecular formula is C13H23NO. The first-order valence-corrected chi connectivity index (χ1v) is 6.55. The molecule has 0 saturated heterocycles. The summed E-state index contributed by atoms with van der Waals surface area (Å²) in [5, 5.41) is 0. The van der Waals surface area contributed by atoms with Crippen molar-refractivity contribution in [3.8, 4) is 0 Å². The van der Waals surface area contributed by atoms with Crippen LogP contribution in [0.5, 0.6) is 0 Å². The number of ketones is 1. The van der Waals surface area contributed by atoms with Crippen molar-refractivity contribution >= 4 is 5.78 Å². The van der Waals surface area contributed by atoms with Crippen LogP contribution in [0.4, 0.5) is 0 Å². The van der Waals surface area contributed by atoms with Gasteiger partial charge in [0.2, 0.25) is 0 Å². The molecule has 2 N–H and O–H groups in total. The van der Waals surface area contributed by atoms with Crippen LogP contribution in [0.1, 0.15) is 57.8 Å². The molecule has 2 nitrogen and oxygen atoms in total. The minimum absolute atomic E-state index is 0.153. The average Bonchev–Trinajstić information content (AvgIpc) is 2.36. The highest BCUT2D eigenvalue weighted by molar-refractivity contribution is 5.82. The minimum Gasteiger partial charge on any atom is -0.327 e. The summed E-state index contributed by atoms with van der Waals surface area (Å²) < 4.78 is 0. The molecule has 2 heteroatoms. The third kappa shape index (κ3) is 2.81. The van der Waals surface area contributed by atoms with E-state index in [4.69, 9.17) is 5.73 Å². The maximum Gasteiger partial charge on any atom is 0.137 e. The van der Waals surface area contributed by atoms with Gasteiger partial charge in [-0.05, 0) is 18.8 Å². The van der Waals surface area contributed by atoms with Gasteiger partial charge in [0.15, 0.2) is 0 Å². The highest BCUT2D eigenvalue weighted by Crippen LogP contribution is 2.32. The molecule has 0 amide bonds. The van der Waals surface area contributed by atoms with Gasteiger partial charge in [-0.15, -0.1) is 0 Å².